The highest BCUT2D eigenvalue weighted by molar-refractivity contribution is 6.10. The number of halogens is 4. The van der Waals surface area contributed by atoms with Gasteiger partial charge in [0.25, 0.3) is 0 Å². The van der Waals surface area contributed by atoms with Gasteiger partial charge >= 0.3 is 0 Å². The topological polar surface area (TPSA) is 71.1 Å². The maximum Gasteiger partial charge on any atom is 0.231 e. The van der Waals surface area contributed by atoms with E-state index < -0.39 is 46.5 Å². The number of carbonyl (C=O) groups is 2. The molecule has 2 atom stereocenters. The van der Waals surface area contributed by atoms with Crippen molar-refractivity contribution in [1.29, 1.82) is 0 Å². The molecule has 10 heteroatoms. The average Bonchev–Trinajstić information content (AvgIpc) is 3.71. The number of para-hydroxylation sites is 1. The number of aryl methyl sites for hydroxylation is 1. The molecule has 1 aliphatic heterocycles. The third kappa shape index (κ3) is 6.86. The Hall–Kier alpha value is -5.12. The highest BCUT2D eigenvalue weighted by Gasteiger charge is 2.37. The fourth-order valence-electron chi connectivity index (χ4n) is 6.11. The zero-order chi connectivity index (χ0) is 33.1. The molecule has 0 N–H and O–H groups in total. The molecule has 1 aliphatic carbocycles. The molecule has 47 heavy (non-hydrogen) atoms. The number of carbonyl (C=O) groups excluding carboxylic acids is 2. The molecule has 4 aromatic rings. The standard InChI is InChI=1S/C37H30F4O6/c1-44-37-27(6-3-7-33(37)45-19-26(42)5-2-4-21-8-13-32-34(14-21)47-20-46-32)28-15-23(22-9-11-24(38)12-10-22)16-29(28)36(43)35-30(40)17-25(39)18-31(35)41/h3,6-14,16-18,23,28H,2,4-5,15,19-20H2,1H3. The van der Waals surface area contributed by atoms with Crippen LogP contribution in [0.5, 0.6) is 23.0 Å². The Morgan fingerprint density at radius 2 is 1.62 bits per heavy atom. The zero-order valence-corrected chi connectivity index (χ0v) is 25.4. The molecule has 6 rings (SSSR count). The maximum atomic E-state index is 14.8. The van der Waals surface area contributed by atoms with E-state index in [2.05, 4.69) is 0 Å². The monoisotopic (exact) mass is 646 g/mol. The van der Waals surface area contributed by atoms with Crippen LogP contribution in [-0.4, -0.2) is 32.1 Å². The number of hydrogen-bond acceptors (Lipinski definition) is 6. The summed E-state index contributed by atoms with van der Waals surface area (Å²) in [7, 11) is 1.41. The molecule has 0 amide bonds. The number of hydrogen-bond donors (Lipinski definition) is 0. The lowest BCUT2D eigenvalue weighted by Gasteiger charge is -2.21. The van der Waals surface area contributed by atoms with Gasteiger partial charge in [-0.15, -0.1) is 0 Å². The number of Topliss-reactive ketones (excluding diaryl/α,β-unsaturated/α-hetero) is 2. The quantitative estimate of drug-likeness (QED) is 0.115. The van der Waals surface area contributed by atoms with Gasteiger partial charge in [-0.05, 0) is 60.7 Å². The predicted molar refractivity (Wildman–Crippen MR) is 164 cm³/mol. The van der Waals surface area contributed by atoms with Crippen LogP contribution >= 0.6 is 0 Å². The van der Waals surface area contributed by atoms with Gasteiger partial charge in [0.1, 0.15) is 29.9 Å². The van der Waals surface area contributed by atoms with Crippen LogP contribution in [0, 0.1) is 23.3 Å². The van der Waals surface area contributed by atoms with Gasteiger partial charge in [0, 0.05) is 41.5 Å². The SMILES string of the molecule is COc1c(OCC(=O)CCCc2ccc3c(c2)OCO3)cccc1C1CC(c2ccc(F)cc2)C=C1C(=O)c1c(F)cc(F)cc1F. The molecule has 6 nitrogen and oxygen atoms in total. The van der Waals surface area contributed by atoms with E-state index in [0.29, 0.717) is 47.6 Å². The molecular weight excluding hydrogens is 616 g/mol. The molecule has 0 spiro atoms. The normalized spacial score (nSPS) is 16.6. The van der Waals surface area contributed by atoms with E-state index in [9.17, 15) is 27.2 Å². The van der Waals surface area contributed by atoms with Crippen LogP contribution in [0.3, 0.4) is 0 Å². The third-order valence-corrected chi connectivity index (χ3v) is 8.38. The molecule has 0 bridgehead atoms. The molecule has 0 radical (unpaired) electrons. The fraction of sp³-hybridized carbons (Fsp3) is 0.243. The zero-order valence-electron chi connectivity index (χ0n) is 25.4. The molecule has 2 aliphatic rings. The minimum absolute atomic E-state index is 0.0683. The lowest BCUT2D eigenvalue weighted by Crippen LogP contribution is -2.15. The first-order valence-electron chi connectivity index (χ1n) is 15.1. The van der Waals surface area contributed by atoms with Crippen LogP contribution in [0.1, 0.15) is 58.1 Å². The van der Waals surface area contributed by atoms with E-state index in [-0.39, 0.29) is 49.1 Å². The second kappa shape index (κ2) is 13.7. The third-order valence-electron chi connectivity index (χ3n) is 8.38. The number of ketones is 2. The second-order valence-corrected chi connectivity index (χ2v) is 11.4. The van der Waals surface area contributed by atoms with E-state index in [1.165, 1.54) is 19.2 Å². The van der Waals surface area contributed by atoms with Crippen molar-refractivity contribution < 1.29 is 46.1 Å². The van der Waals surface area contributed by atoms with Crippen LogP contribution in [0.4, 0.5) is 17.6 Å². The van der Waals surface area contributed by atoms with Gasteiger partial charge in [0.2, 0.25) is 6.79 Å². The number of benzene rings is 4. The number of methoxy groups -OCH3 is 1. The van der Waals surface area contributed by atoms with Crippen LogP contribution in [-0.2, 0) is 11.2 Å². The lowest BCUT2D eigenvalue weighted by molar-refractivity contribution is -0.121. The van der Waals surface area contributed by atoms with Crippen molar-refractivity contribution in [2.75, 3.05) is 20.5 Å². The first-order valence-corrected chi connectivity index (χ1v) is 15.1. The molecule has 0 saturated carbocycles. The summed E-state index contributed by atoms with van der Waals surface area (Å²) in [5, 5.41) is 0. The van der Waals surface area contributed by atoms with E-state index in [1.807, 2.05) is 18.2 Å². The van der Waals surface area contributed by atoms with Crippen LogP contribution in [0.15, 0.2) is 84.4 Å². The second-order valence-electron chi connectivity index (χ2n) is 11.4. The van der Waals surface area contributed by atoms with Crippen molar-refractivity contribution >= 4 is 11.6 Å². The molecular formula is C37H30F4O6. The lowest BCUT2D eigenvalue weighted by atomic mass is 9.86. The van der Waals surface area contributed by atoms with Crippen molar-refractivity contribution in [3.05, 3.63) is 130 Å². The predicted octanol–water partition coefficient (Wildman–Crippen LogP) is 8.03. The van der Waals surface area contributed by atoms with Gasteiger partial charge < -0.3 is 18.9 Å². The molecule has 4 aromatic carbocycles. The minimum Gasteiger partial charge on any atom is -0.493 e. The Morgan fingerprint density at radius 3 is 2.36 bits per heavy atom. The number of ether oxygens (including phenoxy) is 4. The van der Waals surface area contributed by atoms with Crippen LogP contribution < -0.4 is 18.9 Å². The largest absolute Gasteiger partial charge is 0.493 e. The molecule has 0 fully saturated rings. The summed E-state index contributed by atoms with van der Waals surface area (Å²) >= 11 is 0. The molecule has 242 valence electrons. The number of rotatable bonds is 12. The summed E-state index contributed by atoms with van der Waals surface area (Å²) in [6.07, 6.45) is 3.42. The molecule has 1 heterocycles. The summed E-state index contributed by atoms with van der Waals surface area (Å²) in [5.41, 5.74) is 1.40. The van der Waals surface area contributed by atoms with Gasteiger partial charge in [-0.3, -0.25) is 9.59 Å². The fourth-order valence-corrected chi connectivity index (χ4v) is 6.11. The molecule has 0 saturated heterocycles. The molecule has 0 aromatic heterocycles. The Bertz CT molecular complexity index is 1830. The summed E-state index contributed by atoms with van der Waals surface area (Å²) in [5.74, 6) is -4.55. The minimum atomic E-state index is -1.32. The molecule has 2 unspecified atom stereocenters. The average molecular weight is 647 g/mol. The van der Waals surface area contributed by atoms with Crippen molar-refractivity contribution in [3.63, 3.8) is 0 Å². The van der Waals surface area contributed by atoms with E-state index in [4.69, 9.17) is 18.9 Å². The Labute approximate surface area is 268 Å². The van der Waals surface area contributed by atoms with Crippen LogP contribution in [0.25, 0.3) is 0 Å². The van der Waals surface area contributed by atoms with Gasteiger partial charge in [-0.2, -0.15) is 0 Å². The van der Waals surface area contributed by atoms with E-state index in [1.54, 1.807) is 36.4 Å². The van der Waals surface area contributed by atoms with E-state index >= 15 is 0 Å². The van der Waals surface area contributed by atoms with Crippen molar-refractivity contribution in [2.24, 2.45) is 0 Å². The summed E-state index contributed by atoms with van der Waals surface area (Å²) in [6, 6.07) is 17.3. The van der Waals surface area contributed by atoms with Gasteiger partial charge in [0.15, 0.2) is 34.6 Å². The van der Waals surface area contributed by atoms with Crippen LogP contribution in [0.2, 0.25) is 0 Å². The van der Waals surface area contributed by atoms with E-state index in [0.717, 1.165) is 5.56 Å². The highest BCUT2D eigenvalue weighted by Crippen LogP contribution is 2.49. The Morgan fingerprint density at radius 1 is 0.872 bits per heavy atom. The van der Waals surface area contributed by atoms with Gasteiger partial charge in [-0.1, -0.05) is 36.4 Å². The van der Waals surface area contributed by atoms with Gasteiger partial charge in [0.05, 0.1) is 12.7 Å². The first kappa shape index (κ1) is 31.8. The van der Waals surface area contributed by atoms with Crippen molar-refractivity contribution in [2.45, 2.75) is 37.5 Å². The summed E-state index contributed by atoms with van der Waals surface area (Å²) in [6.45, 7) is -0.0361. The Balaban J connectivity index is 1.21. The van der Waals surface area contributed by atoms with Crippen molar-refractivity contribution in [3.8, 4) is 23.0 Å². The maximum absolute atomic E-state index is 14.8. The van der Waals surface area contributed by atoms with Gasteiger partial charge in [-0.25, -0.2) is 17.6 Å². The highest BCUT2D eigenvalue weighted by atomic mass is 19.1. The Kier molecular flexibility index (Phi) is 9.29. The first-order chi connectivity index (χ1) is 22.7. The smallest absolute Gasteiger partial charge is 0.231 e. The summed E-state index contributed by atoms with van der Waals surface area (Å²) in [4.78, 5) is 26.5. The number of allylic oxidation sites excluding steroid dienone is 2. The number of fused-ring (bicyclic) bond motifs is 1. The summed E-state index contributed by atoms with van der Waals surface area (Å²) < 4.78 is 79.2. The van der Waals surface area contributed by atoms with Crippen molar-refractivity contribution in [1.82, 2.24) is 0 Å².